The highest BCUT2D eigenvalue weighted by atomic mass is 16.2. The van der Waals surface area contributed by atoms with E-state index >= 15 is 0 Å². The number of hydrogen-bond acceptors (Lipinski definition) is 4. The maximum atomic E-state index is 13.1. The number of nitrogens with zero attached hydrogens (tertiary/aromatic N) is 4. The normalized spacial score (nSPS) is 31.8. The number of rotatable bonds is 4. The molecule has 36 heavy (non-hydrogen) atoms. The van der Waals surface area contributed by atoms with E-state index in [1.807, 2.05) is 66.4 Å². The lowest BCUT2D eigenvalue weighted by Gasteiger charge is -2.56. The van der Waals surface area contributed by atoms with Crippen molar-refractivity contribution >= 4 is 23.2 Å². The fourth-order valence-corrected chi connectivity index (χ4v) is 7.83. The van der Waals surface area contributed by atoms with E-state index in [-0.39, 0.29) is 23.1 Å². The second-order valence-corrected chi connectivity index (χ2v) is 11.3. The van der Waals surface area contributed by atoms with E-state index in [2.05, 4.69) is 20.6 Å². The van der Waals surface area contributed by atoms with E-state index in [1.165, 1.54) is 44.2 Å². The van der Waals surface area contributed by atoms with Gasteiger partial charge in [-0.1, -0.05) is 36.4 Å². The molecule has 0 radical (unpaired) electrons. The predicted octanol–water partition coefficient (Wildman–Crippen LogP) is 5.59. The minimum absolute atomic E-state index is 0.195. The maximum absolute atomic E-state index is 13.1. The van der Waals surface area contributed by atoms with Crippen molar-refractivity contribution in [3.05, 3.63) is 77.2 Å². The van der Waals surface area contributed by atoms with E-state index in [0.29, 0.717) is 17.1 Å². The molecule has 1 aliphatic heterocycles. The predicted molar refractivity (Wildman–Crippen MR) is 136 cm³/mol. The Kier molecular flexibility index (Phi) is 4.78. The molecule has 0 spiro atoms. The number of amides is 2. The van der Waals surface area contributed by atoms with Crippen molar-refractivity contribution in [2.75, 3.05) is 5.32 Å². The molecule has 182 valence electrons. The smallest absolute Gasteiger partial charge is 0.276 e. The van der Waals surface area contributed by atoms with E-state index in [0.717, 1.165) is 28.9 Å². The summed E-state index contributed by atoms with van der Waals surface area (Å²) in [6, 6.07) is 9.54. The monoisotopic (exact) mass is 479 g/mol. The molecule has 1 atom stereocenters. The largest absolute Gasteiger partial charge is 0.321 e. The second-order valence-electron chi connectivity index (χ2n) is 11.3. The summed E-state index contributed by atoms with van der Waals surface area (Å²) >= 11 is 0. The number of fused-ring (bicyclic) bond motifs is 1. The highest BCUT2D eigenvalue weighted by Gasteiger charge is 2.52. The molecule has 6 aliphatic rings. The van der Waals surface area contributed by atoms with Crippen LogP contribution in [0.4, 0.5) is 5.69 Å². The summed E-state index contributed by atoms with van der Waals surface area (Å²) in [7, 11) is 1.99. The van der Waals surface area contributed by atoms with Gasteiger partial charge in [0.05, 0.1) is 11.6 Å². The third kappa shape index (κ3) is 3.44. The third-order valence-corrected chi connectivity index (χ3v) is 8.92. The lowest BCUT2D eigenvalue weighted by atomic mass is 9.49. The van der Waals surface area contributed by atoms with Gasteiger partial charge in [-0.05, 0) is 80.1 Å². The Morgan fingerprint density at radius 2 is 1.69 bits per heavy atom. The Morgan fingerprint density at radius 1 is 1.00 bits per heavy atom. The van der Waals surface area contributed by atoms with Crippen LogP contribution >= 0.6 is 0 Å². The van der Waals surface area contributed by atoms with Gasteiger partial charge in [-0.15, -0.1) is 10.2 Å². The SMILES string of the molecule is Cn1nc(C(=O)Nc2ccc(C3=C4C=CC=CC4C(=O)N=N3)cc2)cc1C12CC3CC(CC(C3)C1)C2. The summed E-state index contributed by atoms with van der Waals surface area (Å²) in [5, 5.41) is 15.6. The summed E-state index contributed by atoms with van der Waals surface area (Å²) in [6.45, 7) is 0. The van der Waals surface area contributed by atoms with Gasteiger partial charge in [-0.3, -0.25) is 14.3 Å². The van der Waals surface area contributed by atoms with Crippen molar-refractivity contribution in [2.24, 2.45) is 40.9 Å². The van der Waals surface area contributed by atoms with Gasteiger partial charge in [0, 0.05) is 29.4 Å². The van der Waals surface area contributed by atoms with Crippen molar-refractivity contribution in [3.63, 3.8) is 0 Å². The molecule has 4 saturated carbocycles. The van der Waals surface area contributed by atoms with E-state index in [9.17, 15) is 9.59 Å². The van der Waals surface area contributed by atoms with Gasteiger partial charge in [0.25, 0.3) is 11.8 Å². The number of anilines is 1. The van der Waals surface area contributed by atoms with E-state index in [1.54, 1.807) is 0 Å². The van der Waals surface area contributed by atoms with Crippen LogP contribution < -0.4 is 5.32 Å². The van der Waals surface area contributed by atoms with Crippen LogP contribution in [0.2, 0.25) is 0 Å². The first-order chi connectivity index (χ1) is 17.5. The molecule has 4 fully saturated rings. The minimum Gasteiger partial charge on any atom is -0.321 e. The molecule has 2 heterocycles. The van der Waals surface area contributed by atoms with Crippen LogP contribution in [-0.2, 0) is 17.3 Å². The van der Waals surface area contributed by atoms with Crippen molar-refractivity contribution in [3.8, 4) is 0 Å². The number of hydrogen-bond donors (Lipinski definition) is 1. The summed E-state index contributed by atoms with van der Waals surface area (Å²) in [6.07, 6.45) is 15.4. The first-order valence-electron chi connectivity index (χ1n) is 13.0. The Morgan fingerprint density at radius 3 is 2.39 bits per heavy atom. The Bertz CT molecular complexity index is 1360. The first kappa shape index (κ1) is 21.7. The Hall–Kier alpha value is -3.61. The van der Waals surface area contributed by atoms with Crippen LogP contribution in [0.15, 0.2) is 70.4 Å². The fraction of sp³-hybridized carbons (Fsp3) is 0.414. The molecular formula is C29H29N5O2. The van der Waals surface area contributed by atoms with Crippen molar-refractivity contribution < 1.29 is 9.59 Å². The van der Waals surface area contributed by atoms with E-state index < -0.39 is 0 Å². The van der Waals surface area contributed by atoms with Gasteiger partial charge in [-0.25, -0.2) is 0 Å². The lowest BCUT2D eigenvalue weighted by molar-refractivity contribution is -0.119. The molecular weight excluding hydrogens is 450 g/mol. The molecule has 4 bridgehead atoms. The molecule has 7 nitrogen and oxygen atoms in total. The number of carbonyl (C=O) groups is 2. The number of allylic oxidation sites excluding steroid dienone is 3. The molecule has 0 saturated heterocycles. The van der Waals surface area contributed by atoms with Crippen LogP contribution in [-0.4, -0.2) is 21.6 Å². The van der Waals surface area contributed by atoms with Crippen LogP contribution in [0.3, 0.4) is 0 Å². The van der Waals surface area contributed by atoms with Crippen LogP contribution in [0.5, 0.6) is 0 Å². The molecule has 5 aliphatic carbocycles. The van der Waals surface area contributed by atoms with Gasteiger partial charge in [0.15, 0.2) is 5.69 Å². The zero-order valence-electron chi connectivity index (χ0n) is 20.4. The maximum Gasteiger partial charge on any atom is 0.276 e. The summed E-state index contributed by atoms with van der Waals surface area (Å²) in [5.74, 6) is 1.70. The van der Waals surface area contributed by atoms with E-state index in [4.69, 9.17) is 0 Å². The number of benzene rings is 1. The zero-order valence-corrected chi connectivity index (χ0v) is 20.4. The third-order valence-electron chi connectivity index (χ3n) is 8.92. The highest BCUT2D eigenvalue weighted by Crippen LogP contribution is 2.60. The average molecular weight is 480 g/mol. The van der Waals surface area contributed by atoms with Crippen LogP contribution in [0.25, 0.3) is 5.70 Å². The fourth-order valence-electron chi connectivity index (χ4n) is 7.83. The molecule has 2 amide bonds. The zero-order chi connectivity index (χ0) is 24.4. The van der Waals surface area contributed by atoms with Crippen molar-refractivity contribution in [2.45, 2.75) is 43.9 Å². The van der Waals surface area contributed by atoms with Crippen molar-refractivity contribution in [1.29, 1.82) is 0 Å². The van der Waals surface area contributed by atoms with Gasteiger partial charge in [0.1, 0.15) is 0 Å². The second kappa shape index (κ2) is 7.95. The topological polar surface area (TPSA) is 88.7 Å². The van der Waals surface area contributed by atoms with Crippen LogP contribution in [0.1, 0.15) is 60.3 Å². The molecule has 7 heteroatoms. The molecule has 2 aromatic rings. The highest BCUT2D eigenvalue weighted by molar-refractivity contribution is 6.03. The summed E-state index contributed by atoms with van der Waals surface area (Å²) in [5.41, 5.74) is 4.97. The van der Waals surface area contributed by atoms with Crippen LogP contribution in [0, 0.1) is 23.7 Å². The summed E-state index contributed by atoms with van der Waals surface area (Å²) < 4.78 is 1.96. The lowest BCUT2D eigenvalue weighted by Crippen LogP contribution is -2.49. The molecule has 8 rings (SSSR count). The number of aryl methyl sites for hydroxylation is 1. The number of nitrogens with one attached hydrogen (secondary N) is 1. The van der Waals surface area contributed by atoms with Crippen molar-refractivity contribution in [1.82, 2.24) is 9.78 Å². The average Bonchev–Trinajstić information content (AvgIpc) is 3.27. The van der Waals surface area contributed by atoms with Gasteiger partial charge in [0.2, 0.25) is 0 Å². The summed E-state index contributed by atoms with van der Waals surface area (Å²) in [4.78, 5) is 25.2. The standard InChI is InChI=1S/C29H29N5O2/c1-34-25(29-14-17-10-18(15-29)12-19(11-17)16-29)13-24(33-34)28(36)30-21-8-6-20(7-9-21)26-22-4-2-3-5-23(22)27(35)32-31-26/h2-9,13,17-19,23H,10-12,14-16H2,1H3,(H,30,36). The van der Waals surface area contributed by atoms with Gasteiger partial charge in [-0.2, -0.15) is 5.10 Å². The molecule has 1 aromatic carbocycles. The Labute approximate surface area is 210 Å². The Balaban J connectivity index is 1.10. The first-order valence-corrected chi connectivity index (χ1v) is 13.0. The molecule has 1 aromatic heterocycles. The van der Waals surface area contributed by atoms with Gasteiger partial charge < -0.3 is 5.32 Å². The van der Waals surface area contributed by atoms with Gasteiger partial charge >= 0.3 is 0 Å². The molecule has 1 N–H and O–H groups in total. The quantitative estimate of drug-likeness (QED) is 0.620. The number of azo groups is 1. The molecule has 1 unspecified atom stereocenters. The number of carbonyl (C=O) groups excluding carboxylic acids is 2. The minimum atomic E-state index is -0.380. The number of aromatic nitrogens is 2.